The van der Waals surface area contributed by atoms with Crippen LogP contribution in [0.1, 0.15) is 61.6 Å². The average molecular weight is 288 g/mol. The molecule has 0 bridgehead atoms. The first kappa shape index (κ1) is 15.5. The van der Waals surface area contributed by atoms with Gasteiger partial charge in [0.1, 0.15) is 5.82 Å². The number of hydrogen-bond donors (Lipinski definition) is 1. The van der Waals surface area contributed by atoms with Gasteiger partial charge < -0.3 is 9.67 Å². The fourth-order valence-corrected chi connectivity index (χ4v) is 2.72. The molecule has 1 N–H and O–H groups in total. The lowest BCUT2D eigenvalue weighted by Crippen LogP contribution is -2.01. The van der Waals surface area contributed by atoms with E-state index in [9.17, 15) is 4.79 Å². The summed E-state index contributed by atoms with van der Waals surface area (Å²) in [6, 6.07) is 5.18. The zero-order chi connectivity index (χ0) is 15.2. The largest absolute Gasteiger partial charge is 0.478 e. The van der Waals surface area contributed by atoms with Crippen molar-refractivity contribution in [1.82, 2.24) is 9.55 Å². The van der Waals surface area contributed by atoms with Gasteiger partial charge in [-0.2, -0.15) is 0 Å². The first-order valence-corrected chi connectivity index (χ1v) is 7.83. The normalized spacial score (nSPS) is 11.1. The summed E-state index contributed by atoms with van der Waals surface area (Å²) in [5, 5.41) is 9.03. The smallest absolute Gasteiger partial charge is 0.335 e. The summed E-state index contributed by atoms with van der Waals surface area (Å²) in [5.74, 6) is 0.0566. The molecule has 0 aliphatic heterocycles. The molecule has 0 unspecified atom stereocenters. The predicted molar refractivity (Wildman–Crippen MR) is 84.8 cm³/mol. The predicted octanol–water partition coefficient (Wildman–Crippen LogP) is 4.40. The van der Waals surface area contributed by atoms with E-state index in [1.54, 1.807) is 12.1 Å². The van der Waals surface area contributed by atoms with Crippen molar-refractivity contribution in [3.8, 4) is 0 Å². The number of aromatic carboxylic acids is 1. The van der Waals surface area contributed by atoms with Crippen molar-refractivity contribution in [2.45, 2.75) is 58.9 Å². The second-order valence-electron chi connectivity index (χ2n) is 5.59. The van der Waals surface area contributed by atoms with E-state index in [1.807, 2.05) is 13.0 Å². The minimum Gasteiger partial charge on any atom is -0.478 e. The number of benzene rings is 1. The van der Waals surface area contributed by atoms with E-state index in [0.29, 0.717) is 5.56 Å². The van der Waals surface area contributed by atoms with Crippen molar-refractivity contribution in [3.63, 3.8) is 0 Å². The number of unbranched alkanes of at least 4 members (excludes halogenated alkanes) is 5. The van der Waals surface area contributed by atoms with Crippen molar-refractivity contribution in [2.75, 3.05) is 0 Å². The summed E-state index contributed by atoms with van der Waals surface area (Å²) in [5.41, 5.74) is 2.11. The maximum Gasteiger partial charge on any atom is 0.335 e. The molecule has 2 aromatic rings. The molecule has 0 aliphatic carbocycles. The second-order valence-corrected chi connectivity index (χ2v) is 5.59. The summed E-state index contributed by atoms with van der Waals surface area (Å²) in [6.45, 7) is 5.17. The van der Waals surface area contributed by atoms with Crippen LogP contribution in [0.2, 0.25) is 0 Å². The molecule has 0 fully saturated rings. The highest BCUT2D eigenvalue weighted by Crippen LogP contribution is 2.19. The summed E-state index contributed by atoms with van der Waals surface area (Å²) in [6.07, 6.45) is 7.61. The summed E-state index contributed by atoms with van der Waals surface area (Å²) in [4.78, 5) is 15.5. The van der Waals surface area contributed by atoms with E-state index < -0.39 is 5.97 Å². The maximum absolute atomic E-state index is 11.0. The van der Waals surface area contributed by atoms with Gasteiger partial charge >= 0.3 is 5.97 Å². The van der Waals surface area contributed by atoms with Gasteiger partial charge in [0.25, 0.3) is 0 Å². The molecule has 1 aromatic carbocycles. The Morgan fingerprint density at radius 2 is 1.90 bits per heavy atom. The number of carboxylic acids is 1. The standard InChI is InChI=1S/C17H24N2O2/c1-3-4-5-6-7-8-11-19-13(2)18-15-12-14(17(20)21)9-10-16(15)19/h9-10,12H,3-8,11H2,1-2H3,(H,20,21). The Morgan fingerprint density at radius 3 is 2.62 bits per heavy atom. The van der Waals surface area contributed by atoms with E-state index in [4.69, 9.17) is 5.11 Å². The SMILES string of the molecule is CCCCCCCCn1c(C)nc2cc(C(=O)O)ccc21. The number of carbonyl (C=O) groups is 1. The van der Waals surface area contributed by atoms with Crippen molar-refractivity contribution in [2.24, 2.45) is 0 Å². The lowest BCUT2D eigenvalue weighted by atomic mass is 10.1. The molecule has 0 spiro atoms. The van der Waals surface area contributed by atoms with E-state index >= 15 is 0 Å². The molecule has 1 heterocycles. The Balaban J connectivity index is 2.03. The quantitative estimate of drug-likeness (QED) is 0.732. The van der Waals surface area contributed by atoms with Crippen LogP contribution >= 0.6 is 0 Å². The fourth-order valence-electron chi connectivity index (χ4n) is 2.72. The van der Waals surface area contributed by atoms with Gasteiger partial charge in [0, 0.05) is 6.54 Å². The average Bonchev–Trinajstić information content (AvgIpc) is 2.77. The molecule has 114 valence electrons. The minimum absolute atomic E-state index is 0.298. The highest BCUT2D eigenvalue weighted by atomic mass is 16.4. The van der Waals surface area contributed by atoms with Crippen LogP contribution < -0.4 is 0 Å². The van der Waals surface area contributed by atoms with Crippen molar-refractivity contribution in [1.29, 1.82) is 0 Å². The Labute approximate surface area is 125 Å². The third-order valence-corrected chi connectivity index (χ3v) is 3.92. The van der Waals surface area contributed by atoms with Crippen LogP contribution in [0.4, 0.5) is 0 Å². The van der Waals surface area contributed by atoms with Gasteiger partial charge in [-0.05, 0) is 31.5 Å². The van der Waals surface area contributed by atoms with Crippen LogP contribution in [-0.4, -0.2) is 20.6 Å². The van der Waals surface area contributed by atoms with Crippen LogP contribution in [0, 0.1) is 6.92 Å². The van der Waals surface area contributed by atoms with Crippen LogP contribution in [0.15, 0.2) is 18.2 Å². The number of fused-ring (bicyclic) bond motifs is 1. The Hall–Kier alpha value is -1.84. The first-order valence-electron chi connectivity index (χ1n) is 7.83. The van der Waals surface area contributed by atoms with Gasteiger partial charge in [0.2, 0.25) is 0 Å². The number of hydrogen-bond acceptors (Lipinski definition) is 2. The highest BCUT2D eigenvalue weighted by molar-refractivity contribution is 5.92. The minimum atomic E-state index is -0.903. The van der Waals surface area contributed by atoms with Gasteiger partial charge in [-0.15, -0.1) is 0 Å². The van der Waals surface area contributed by atoms with E-state index in [1.165, 1.54) is 32.1 Å². The molecule has 2 rings (SSSR count). The zero-order valence-corrected chi connectivity index (χ0v) is 12.9. The first-order chi connectivity index (χ1) is 10.1. The number of imidazole rings is 1. The molecule has 21 heavy (non-hydrogen) atoms. The van der Waals surface area contributed by atoms with Gasteiger partial charge in [0.05, 0.1) is 16.6 Å². The number of rotatable bonds is 8. The summed E-state index contributed by atoms with van der Waals surface area (Å²) in [7, 11) is 0. The molecule has 0 atom stereocenters. The molecule has 0 saturated heterocycles. The molecule has 4 heteroatoms. The molecular formula is C17H24N2O2. The second kappa shape index (κ2) is 7.25. The van der Waals surface area contributed by atoms with Crippen molar-refractivity contribution >= 4 is 17.0 Å². The highest BCUT2D eigenvalue weighted by Gasteiger charge is 2.10. The number of aryl methyl sites for hydroxylation is 2. The van der Waals surface area contributed by atoms with Gasteiger partial charge in [0.15, 0.2) is 0 Å². The number of nitrogens with zero attached hydrogens (tertiary/aromatic N) is 2. The topological polar surface area (TPSA) is 55.1 Å². The molecule has 4 nitrogen and oxygen atoms in total. The zero-order valence-electron chi connectivity index (χ0n) is 12.9. The third-order valence-electron chi connectivity index (χ3n) is 3.92. The van der Waals surface area contributed by atoms with Crippen molar-refractivity contribution in [3.05, 3.63) is 29.6 Å². The molecule has 0 amide bonds. The number of aromatic nitrogens is 2. The fraction of sp³-hybridized carbons (Fsp3) is 0.529. The van der Waals surface area contributed by atoms with Gasteiger partial charge in [-0.25, -0.2) is 9.78 Å². The van der Waals surface area contributed by atoms with Gasteiger partial charge in [-0.3, -0.25) is 0 Å². The summed E-state index contributed by atoms with van der Waals surface area (Å²) >= 11 is 0. The van der Waals surface area contributed by atoms with Crippen LogP contribution in [0.3, 0.4) is 0 Å². The maximum atomic E-state index is 11.0. The van der Waals surface area contributed by atoms with Gasteiger partial charge in [-0.1, -0.05) is 39.0 Å². The summed E-state index contributed by atoms with van der Waals surface area (Å²) < 4.78 is 2.20. The lowest BCUT2D eigenvalue weighted by molar-refractivity contribution is 0.0697. The van der Waals surface area contributed by atoms with E-state index in [2.05, 4.69) is 16.5 Å². The third kappa shape index (κ3) is 3.84. The Bertz CT molecular complexity index is 617. The monoisotopic (exact) mass is 288 g/mol. The van der Waals surface area contributed by atoms with Crippen molar-refractivity contribution < 1.29 is 9.90 Å². The van der Waals surface area contributed by atoms with E-state index in [0.717, 1.165) is 29.8 Å². The van der Waals surface area contributed by atoms with Crippen LogP contribution in [0.5, 0.6) is 0 Å². The molecule has 0 saturated carbocycles. The van der Waals surface area contributed by atoms with E-state index in [-0.39, 0.29) is 0 Å². The number of carboxylic acid groups (broad SMARTS) is 1. The van der Waals surface area contributed by atoms with Crippen LogP contribution in [-0.2, 0) is 6.54 Å². The molecular weight excluding hydrogens is 264 g/mol. The Morgan fingerprint density at radius 1 is 1.19 bits per heavy atom. The molecule has 1 aromatic heterocycles. The lowest BCUT2D eigenvalue weighted by Gasteiger charge is -2.07. The molecule has 0 radical (unpaired) electrons. The van der Waals surface area contributed by atoms with Crippen LogP contribution in [0.25, 0.3) is 11.0 Å². The Kier molecular flexibility index (Phi) is 5.37. The molecule has 0 aliphatic rings.